The molecule has 0 saturated heterocycles. The molecule has 1 aliphatic carbocycles. The molecule has 0 amide bonds. The fourth-order valence-corrected chi connectivity index (χ4v) is 9.00. The van der Waals surface area contributed by atoms with E-state index in [0.29, 0.717) is 17.5 Å². The molecule has 0 radical (unpaired) electrons. The Bertz CT molecular complexity index is 3140. The Balaban J connectivity index is 1.16. The minimum absolute atomic E-state index is 0.152. The van der Waals surface area contributed by atoms with Gasteiger partial charge in [-0.25, -0.2) is 15.0 Å². The first-order valence-corrected chi connectivity index (χ1v) is 19.2. The minimum Gasteiger partial charge on any atom is -0.309 e. The SMILES string of the molecule is CC1(C)c2ccccc2-c2ccc3ccc(-c4nc(-c5ccc(-c6ccccc6)cc5)nc(-c5cccc6c7ccccc7n(-c7ccccc7)c56)n4)cc3c21. The van der Waals surface area contributed by atoms with Crippen molar-refractivity contribution in [1.29, 1.82) is 0 Å². The summed E-state index contributed by atoms with van der Waals surface area (Å²) >= 11 is 0. The zero-order chi connectivity index (χ0) is 37.4. The predicted molar refractivity (Wildman–Crippen MR) is 231 cm³/mol. The number of nitrogens with zero attached hydrogens (tertiary/aromatic N) is 4. The number of benzene rings is 8. The van der Waals surface area contributed by atoms with E-state index in [9.17, 15) is 0 Å². The van der Waals surface area contributed by atoms with Gasteiger partial charge in [-0.15, -0.1) is 0 Å². The van der Waals surface area contributed by atoms with Crippen molar-refractivity contribution in [2.24, 2.45) is 0 Å². The fraction of sp³-hybridized carbons (Fsp3) is 0.0577. The van der Waals surface area contributed by atoms with Gasteiger partial charge in [0.05, 0.1) is 11.0 Å². The molecule has 4 heteroatoms. The molecule has 2 heterocycles. The molecule has 11 rings (SSSR count). The van der Waals surface area contributed by atoms with Crippen molar-refractivity contribution < 1.29 is 0 Å². The van der Waals surface area contributed by atoms with Crippen molar-refractivity contribution in [3.8, 4) is 62.1 Å². The van der Waals surface area contributed by atoms with Gasteiger partial charge >= 0.3 is 0 Å². The Morgan fingerprint density at radius 2 is 1.00 bits per heavy atom. The Labute approximate surface area is 325 Å². The third kappa shape index (κ3) is 4.96. The number of hydrogen-bond donors (Lipinski definition) is 0. The van der Waals surface area contributed by atoms with Crippen LogP contribution >= 0.6 is 0 Å². The summed E-state index contributed by atoms with van der Waals surface area (Å²) in [6.45, 7) is 4.68. The second kappa shape index (κ2) is 12.4. The number of rotatable bonds is 5. The summed E-state index contributed by atoms with van der Waals surface area (Å²) in [5.74, 6) is 1.91. The van der Waals surface area contributed by atoms with Crippen LogP contribution in [0.4, 0.5) is 0 Å². The first-order valence-electron chi connectivity index (χ1n) is 19.2. The number of aromatic nitrogens is 4. The molecule has 0 N–H and O–H groups in total. The van der Waals surface area contributed by atoms with Crippen LogP contribution in [0.1, 0.15) is 25.0 Å². The first kappa shape index (κ1) is 32.3. The van der Waals surface area contributed by atoms with Gasteiger partial charge in [0.1, 0.15) is 0 Å². The van der Waals surface area contributed by atoms with Gasteiger partial charge in [-0.05, 0) is 74.5 Å². The van der Waals surface area contributed by atoms with E-state index in [1.165, 1.54) is 44.0 Å². The van der Waals surface area contributed by atoms with Gasteiger partial charge in [-0.2, -0.15) is 0 Å². The highest BCUT2D eigenvalue weighted by molar-refractivity contribution is 6.13. The minimum atomic E-state index is -0.152. The number of fused-ring (bicyclic) bond motifs is 8. The van der Waals surface area contributed by atoms with Crippen LogP contribution in [0.3, 0.4) is 0 Å². The molecule has 0 saturated carbocycles. The van der Waals surface area contributed by atoms with E-state index in [2.05, 4.69) is 194 Å². The lowest BCUT2D eigenvalue weighted by Crippen LogP contribution is -2.15. The highest BCUT2D eigenvalue weighted by atomic mass is 15.0. The van der Waals surface area contributed by atoms with E-state index < -0.39 is 0 Å². The van der Waals surface area contributed by atoms with Crippen LogP contribution in [0, 0.1) is 0 Å². The van der Waals surface area contributed by atoms with Crippen molar-refractivity contribution in [3.63, 3.8) is 0 Å². The summed E-state index contributed by atoms with van der Waals surface area (Å²) in [6.07, 6.45) is 0. The molecule has 2 aromatic heterocycles. The van der Waals surface area contributed by atoms with Crippen LogP contribution in [0.25, 0.3) is 94.7 Å². The van der Waals surface area contributed by atoms with Crippen LogP contribution in [0.2, 0.25) is 0 Å². The number of para-hydroxylation sites is 3. The summed E-state index contributed by atoms with van der Waals surface area (Å²) in [5.41, 5.74) is 13.6. The summed E-state index contributed by atoms with van der Waals surface area (Å²) in [5, 5.41) is 4.77. The molecule has 1 aliphatic rings. The van der Waals surface area contributed by atoms with E-state index >= 15 is 0 Å². The monoisotopic (exact) mass is 716 g/mol. The summed E-state index contributed by atoms with van der Waals surface area (Å²) in [6, 6.07) is 64.7. The lowest BCUT2D eigenvalue weighted by molar-refractivity contribution is 0.666. The van der Waals surface area contributed by atoms with E-state index in [-0.39, 0.29) is 5.41 Å². The third-order valence-electron chi connectivity index (χ3n) is 11.6. The zero-order valence-electron chi connectivity index (χ0n) is 31.1. The molecule has 10 aromatic rings. The van der Waals surface area contributed by atoms with Crippen LogP contribution in [0.5, 0.6) is 0 Å². The van der Waals surface area contributed by atoms with Crippen molar-refractivity contribution in [3.05, 3.63) is 193 Å². The van der Waals surface area contributed by atoms with Gasteiger partial charge in [-0.1, -0.05) is 166 Å². The van der Waals surface area contributed by atoms with Gasteiger partial charge in [0.2, 0.25) is 0 Å². The van der Waals surface area contributed by atoms with E-state index in [0.717, 1.165) is 44.4 Å². The molecule has 0 bridgehead atoms. The van der Waals surface area contributed by atoms with Crippen molar-refractivity contribution >= 4 is 32.6 Å². The topological polar surface area (TPSA) is 43.6 Å². The second-order valence-electron chi connectivity index (χ2n) is 15.2. The molecular formula is C52H36N4. The predicted octanol–water partition coefficient (Wildman–Crippen LogP) is 13.1. The molecule has 4 nitrogen and oxygen atoms in total. The standard InChI is InChI=1S/C52H36N4/c1-52(2)45-22-11-9-18-39(45)41-31-30-35-26-29-37(32-44(35)47(41)52)50-53-49(36-27-24-34(25-28-36)33-14-5-3-6-15-33)54-51(55-50)43-21-13-20-42-40-19-10-12-23-46(40)56(48(42)43)38-16-7-4-8-17-38/h3-32H,1-2H3. The lowest BCUT2D eigenvalue weighted by Gasteiger charge is -2.23. The number of hydrogen-bond acceptors (Lipinski definition) is 3. The average Bonchev–Trinajstić information content (AvgIpc) is 3.73. The Morgan fingerprint density at radius 1 is 0.411 bits per heavy atom. The smallest absolute Gasteiger partial charge is 0.166 e. The zero-order valence-corrected chi connectivity index (χ0v) is 31.1. The van der Waals surface area contributed by atoms with Crippen LogP contribution in [0.15, 0.2) is 182 Å². The maximum absolute atomic E-state index is 5.36. The average molecular weight is 717 g/mol. The van der Waals surface area contributed by atoms with Crippen molar-refractivity contribution in [1.82, 2.24) is 19.5 Å². The summed E-state index contributed by atoms with van der Waals surface area (Å²) in [4.78, 5) is 15.9. The van der Waals surface area contributed by atoms with Gasteiger partial charge in [0, 0.05) is 38.6 Å². The second-order valence-corrected chi connectivity index (χ2v) is 15.2. The highest BCUT2D eigenvalue weighted by Crippen LogP contribution is 2.51. The fourth-order valence-electron chi connectivity index (χ4n) is 9.00. The molecule has 0 fully saturated rings. The molecule has 264 valence electrons. The lowest BCUT2D eigenvalue weighted by atomic mass is 9.80. The third-order valence-corrected chi connectivity index (χ3v) is 11.6. The van der Waals surface area contributed by atoms with E-state index in [1.807, 2.05) is 6.07 Å². The molecular weight excluding hydrogens is 681 g/mol. The van der Waals surface area contributed by atoms with Crippen molar-refractivity contribution in [2.75, 3.05) is 0 Å². The Morgan fingerprint density at radius 3 is 1.82 bits per heavy atom. The molecule has 56 heavy (non-hydrogen) atoms. The van der Waals surface area contributed by atoms with Crippen LogP contribution in [-0.4, -0.2) is 19.5 Å². The van der Waals surface area contributed by atoms with Gasteiger partial charge < -0.3 is 4.57 Å². The van der Waals surface area contributed by atoms with Gasteiger partial charge in [0.15, 0.2) is 17.5 Å². The first-order chi connectivity index (χ1) is 27.5. The maximum Gasteiger partial charge on any atom is 0.166 e. The molecule has 0 spiro atoms. The Kier molecular flexibility index (Phi) is 7.17. The van der Waals surface area contributed by atoms with Gasteiger partial charge in [-0.3, -0.25) is 0 Å². The summed E-state index contributed by atoms with van der Waals surface area (Å²) in [7, 11) is 0. The largest absolute Gasteiger partial charge is 0.309 e. The van der Waals surface area contributed by atoms with Crippen LogP contribution < -0.4 is 0 Å². The molecule has 0 atom stereocenters. The molecule has 8 aromatic carbocycles. The molecule has 0 unspecified atom stereocenters. The van der Waals surface area contributed by atoms with Crippen molar-refractivity contribution in [2.45, 2.75) is 19.3 Å². The van der Waals surface area contributed by atoms with E-state index in [4.69, 9.17) is 15.0 Å². The quantitative estimate of drug-likeness (QED) is 0.178. The normalized spacial score (nSPS) is 13.0. The maximum atomic E-state index is 5.36. The van der Waals surface area contributed by atoms with E-state index in [1.54, 1.807) is 0 Å². The van der Waals surface area contributed by atoms with Crippen LogP contribution in [-0.2, 0) is 5.41 Å². The van der Waals surface area contributed by atoms with Gasteiger partial charge in [0.25, 0.3) is 0 Å². The summed E-state index contributed by atoms with van der Waals surface area (Å²) < 4.78 is 2.34. The Hall–Kier alpha value is -7.17. The highest BCUT2D eigenvalue weighted by Gasteiger charge is 2.36. The molecule has 0 aliphatic heterocycles.